The fourth-order valence-corrected chi connectivity index (χ4v) is 1.61. The van der Waals surface area contributed by atoms with Crippen molar-refractivity contribution in [1.82, 2.24) is 9.38 Å². The maximum Gasteiger partial charge on any atom is 0.268 e. The standard InChI is InChI=1S/C11H10N2O2/c1-7-10(8(2)14)11(15)13-6-4-3-5-9(13)12-7/h3-6H,1-2H3. The van der Waals surface area contributed by atoms with Crippen LogP contribution in [0.2, 0.25) is 0 Å². The second-order valence-electron chi connectivity index (χ2n) is 3.36. The van der Waals surface area contributed by atoms with Gasteiger partial charge < -0.3 is 0 Å². The highest BCUT2D eigenvalue weighted by Gasteiger charge is 2.12. The van der Waals surface area contributed by atoms with Crippen molar-refractivity contribution in [3.8, 4) is 0 Å². The van der Waals surface area contributed by atoms with Crippen molar-refractivity contribution < 1.29 is 4.79 Å². The predicted octanol–water partition coefficient (Wildman–Crippen LogP) is 1.21. The van der Waals surface area contributed by atoms with E-state index in [4.69, 9.17) is 0 Å². The second kappa shape index (κ2) is 3.31. The number of hydrogen-bond donors (Lipinski definition) is 0. The third-order valence-electron chi connectivity index (χ3n) is 2.27. The van der Waals surface area contributed by atoms with Crippen molar-refractivity contribution in [3.05, 3.63) is 46.0 Å². The smallest absolute Gasteiger partial charge is 0.268 e. The van der Waals surface area contributed by atoms with Crippen molar-refractivity contribution in [3.63, 3.8) is 0 Å². The summed E-state index contributed by atoms with van der Waals surface area (Å²) in [5.74, 6) is -0.247. The van der Waals surface area contributed by atoms with E-state index in [9.17, 15) is 9.59 Å². The van der Waals surface area contributed by atoms with Crippen molar-refractivity contribution in [2.24, 2.45) is 0 Å². The van der Waals surface area contributed by atoms with E-state index in [0.717, 1.165) is 0 Å². The van der Waals surface area contributed by atoms with Crippen LogP contribution < -0.4 is 5.56 Å². The summed E-state index contributed by atoms with van der Waals surface area (Å²) < 4.78 is 1.38. The molecule has 0 fully saturated rings. The minimum atomic E-state index is -0.300. The second-order valence-corrected chi connectivity index (χ2v) is 3.36. The number of pyridine rings is 1. The van der Waals surface area contributed by atoms with Crippen LogP contribution in [-0.2, 0) is 0 Å². The first kappa shape index (κ1) is 9.58. The average Bonchev–Trinajstić information content (AvgIpc) is 2.17. The highest BCUT2D eigenvalue weighted by molar-refractivity contribution is 5.94. The largest absolute Gasteiger partial charge is 0.294 e. The molecule has 0 aromatic carbocycles. The van der Waals surface area contributed by atoms with Crippen LogP contribution in [0.25, 0.3) is 5.65 Å². The van der Waals surface area contributed by atoms with Gasteiger partial charge in [-0.15, -0.1) is 0 Å². The van der Waals surface area contributed by atoms with Crippen LogP contribution in [-0.4, -0.2) is 15.2 Å². The Labute approximate surface area is 86.2 Å². The molecule has 0 N–H and O–H groups in total. The Morgan fingerprint density at radius 1 is 1.40 bits per heavy atom. The molecule has 4 nitrogen and oxygen atoms in total. The van der Waals surface area contributed by atoms with Gasteiger partial charge in [-0.1, -0.05) is 6.07 Å². The molecule has 0 saturated heterocycles. The van der Waals surface area contributed by atoms with Gasteiger partial charge in [-0.05, 0) is 26.0 Å². The fraction of sp³-hybridized carbons (Fsp3) is 0.182. The zero-order valence-corrected chi connectivity index (χ0v) is 8.52. The summed E-state index contributed by atoms with van der Waals surface area (Å²) in [5.41, 5.74) is 0.910. The Kier molecular flexibility index (Phi) is 2.11. The molecule has 4 heteroatoms. The molecule has 2 aromatic rings. The molecule has 0 spiro atoms. The SMILES string of the molecule is CC(=O)c1c(C)nc2ccccn2c1=O. The van der Waals surface area contributed by atoms with Crippen LogP contribution in [0, 0.1) is 6.92 Å². The number of ketones is 1. The van der Waals surface area contributed by atoms with Crippen LogP contribution >= 0.6 is 0 Å². The number of fused-ring (bicyclic) bond motifs is 1. The Balaban J connectivity index is 2.97. The molecule has 2 heterocycles. The molecule has 0 radical (unpaired) electrons. The van der Waals surface area contributed by atoms with Gasteiger partial charge in [0.2, 0.25) is 0 Å². The lowest BCUT2D eigenvalue weighted by Crippen LogP contribution is -2.23. The molecule has 0 aliphatic carbocycles. The quantitative estimate of drug-likeness (QED) is 0.653. The molecule has 0 aliphatic heterocycles. The van der Waals surface area contributed by atoms with E-state index < -0.39 is 0 Å². The lowest BCUT2D eigenvalue weighted by molar-refractivity contribution is 0.101. The average molecular weight is 202 g/mol. The zero-order valence-electron chi connectivity index (χ0n) is 8.52. The number of aromatic nitrogens is 2. The summed E-state index contributed by atoms with van der Waals surface area (Å²) >= 11 is 0. The first-order valence-corrected chi connectivity index (χ1v) is 4.60. The maximum absolute atomic E-state index is 11.9. The van der Waals surface area contributed by atoms with Crippen LogP contribution in [0.1, 0.15) is 23.0 Å². The fourth-order valence-electron chi connectivity index (χ4n) is 1.61. The van der Waals surface area contributed by atoms with Crippen LogP contribution in [0.15, 0.2) is 29.2 Å². The van der Waals surface area contributed by atoms with Crippen molar-refractivity contribution in [2.75, 3.05) is 0 Å². The monoisotopic (exact) mass is 202 g/mol. The van der Waals surface area contributed by atoms with Gasteiger partial charge in [0.05, 0.1) is 5.69 Å². The van der Waals surface area contributed by atoms with Crippen molar-refractivity contribution in [2.45, 2.75) is 13.8 Å². The maximum atomic E-state index is 11.9. The van der Waals surface area contributed by atoms with E-state index in [1.165, 1.54) is 11.3 Å². The first-order chi connectivity index (χ1) is 7.11. The van der Waals surface area contributed by atoms with Gasteiger partial charge in [0.15, 0.2) is 5.78 Å². The lowest BCUT2D eigenvalue weighted by Gasteiger charge is -2.04. The number of rotatable bonds is 1. The van der Waals surface area contributed by atoms with E-state index >= 15 is 0 Å². The summed E-state index contributed by atoms with van der Waals surface area (Å²) in [7, 11) is 0. The molecule has 0 amide bonds. The van der Waals surface area contributed by atoms with Gasteiger partial charge in [0.25, 0.3) is 5.56 Å². The number of hydrogen-bond acceptors (Lipinski definition) is 3. The van der Waals surface area contributed by atoms with Crippen molar-refractivity contribution >= 4 is 11.4 Å². The van der Waals surface area contributed by atoms with Gasteiger partial charge in [-0.2, -0.15) is 0 Å². The van der Waals surface area contributed by atoms with Crippen molar-refractivity contribution in [1.29, 1.82) is 0 Å². The van der Waals surface area contributed by atoms with Gasteiger partial charge in [-0.25, -0.2) is 4.98 Å². The molecule has 0 bridgehead atoms. The molecule has 2 aromatic heterocycles. The number of carbonyl (C=O) groups is 1. The van der Waals surface area contributed by atoms with E-state index in [1.807, 2.05) is 0 Å². The zero-order chi connectivity index (χ0) is 11.0. The minimum absolute atomic E-state index is 0.165. The van der Waals surface area contributed by atoms with Gasteiger partial charge in [0.1, 0.15) is 11.2 Å². The van der Waals surface area contributed by atoms with E-state index in [1.54, 1.807) is 31.3 Å². The normalized spacial score (nSPS) is 10.5. The van der Waals surface area contributed by atoms with Gasteiger partial charge >= 0.3 is 0 Å². The molecule has 0 saturated carbocycles. The minimum Gasteiger partial charge on any atom is -0.294 e. The molecule has 76 valence electrons. The third-order valence-corrected chi connectivity index (χ3v) is 2.27. The highest BCUT2D eigenvalue weighted by atomic mass is 16.1. The van der Waals surface area contributed by atoms with Crippen LogP contribution in [0.5, 0.6) is 0 Å². The van der Waals surface area contributed by atoms with Gasteiger partial charge in [0, 0.05) is 6.20 Å². The Morgan fingerprint density at radius 2 is 2.13 bits per heavy atom. The number of Topliss-reactive ketones (excluding diaryl/α,β-unsaturated/α-hetero) is 1. The number of carbonyl (C=O) groups excluding carboxylic acids is 1. The Bertz CT molecular complexity index is 599. The Morgan fingerprint density at radius 3 is 2.80 bits per heavy atom. The number of nitrogens with zero attached hydrogens (tertiary/aromatic N) is 2. The molecular weight excluding hydrogens is 192 g/mol. The summed E-state index contributed by atoms with van der Waals surface area (Å²) in [6.45, 7) is 3.05. The van der Waals surface area contributed by atoms with E-state index in [2.05, 4.69) is 4.98 Å². The van der Waals surface area contributed by atoms with Crippen LogP contribution in [0.3, 0.4) is 0 Å². The lowest BCUT2D eigenvalue weighted by atomic mass is 10.1. The molecule has 2 rings (SSSR count). The molecule has 15 heavy (non-hydrogen) atoms. The van der Waals surface area contributed by atoms with Crippen LogP contribution in [0.4, 0.5) is 0 Å². The van der Waals surface area contributed by atoms with Gasteiger partial charge in [-0.3, -0.25) is 14.0 Å². The third kappa shape index (κ3) is 1.44. The summed E-state index contributed by atoms with van der Waals surface area (Å²) in [6, 6.07) is 5.27. The molecule has 0 atom stereocenters. The summed E-state index contributed by atoms with van der Waals surface area (Å²) in [5, 5.41) is 0. The molecule has 0 unspecified atom stereocenters. The molecule has 0 aliphatic rings. The topological polar surface area (TPSA) is 51.4 Å². The van der Waals surface area contributed by atoms with E-state index in [0.29, 0.717) is 11.3 Å². The highest BCUT2D eigenvalue weighted by Crippen LogP contribution is 2.03. The Hall–Kier alpha value is -1.97. The first-order valence-electron chi connectivity index (χ1n) is 4.60. The molecular formula is C11H10N2O2. The summed E-state index contributed by atoms with van der Waals surface area (Å²) in [6.07, 6.45) is 1.61. The number of aryl methyl sites for hydroxylation is 1. The summed E-state index contributed by atoms with van der Waals surface area (Å²) in [4.78, 5) is 27.4. The van der Waals surface area contributed by atoms with E-state index in [-0.39, 0.29) is 16.9 Å². The predicted molar refractivity (Wildman–Crippen MR) is 56.2 cm³/mol.